The molecule has 1 aliphatic rings. The number of hydrogen-bond acceptors (Lipinski definition) is 8. The van der Waals surface area contributed by atoms with Crippen molar-refractivity contribution in [3.05, 3.63) is 84.4 Å². The Morgan fingerprint density at radius 3 is 2.27 bits per heavy atom. The molecule has 0 unspecified atom stereocenters. The first-order valence-corrected chi connectivity index (χ1v) is 10.8. The maximum Gasteiger partial charge on any atom is 0.167 e. The highest BCUT2D eigenvalue weighted by atomic mass is 16.6. The predicted octanol–water partition coefficient (Wildman–Crippen LogP) is 1.88. The van der Waals surface area contributed by atoms with Crippen molar-refractivity contribution in [2.45, 2.75) is 30.5 Å². The van der Waals surface area contributed by atoms with Crippen molar-refractivity contribution in [2.75, 3.05) is 18.9 Å². The summed E-state index contributed by atoms with van der Waals surface area (Å²) in [6.07, 6.45) is -1.09. The van der Waals surface area contributed by atoms with Crippen LogP contribution >= 0.6 is 0 Å². The van der Waals surface area contributed by atoms with Gasteiger partial charge < -0.3 is 25.4 Å². The molecule has 0 saturated carbocycles. The maximum atomic E-state index is 10.6. The van der Waals surface area contributed by atoms with Crippen LogP contribution in [0.5, 0.6) is 0 Å². The number of nitrogen functional groups attached to an aromatic ring is 1. The van der Waals surface area contributed by atoms with Crippen LogP contribution in [0, 0.1) is 0 Å². The molecule has 33 heavy (non-hydrogen) atoms. The molecular formula is C24H25N5O4. The Hall–Kier alpha value is -3.37. The molecule has 0 amide bonds. The van der Waals surface area contributed by atoms with Crippen LogP contribution < -0.4 is 5.73 Å². The molecule has 5 rings (SSSR count). The molecule has 1 fully saturated rings. The van der Waals surface area contributed by atoms with Gasteiger partial charge in [0.05, 0.1) is 19.5 Å². The fourth-order valence-electron chi connectivity index (χ4n) is 4.21. The first-order valence-electron chi connectivity index (χ1n) is 10.8. The van der Waals surface area contributed by atoms with Crippen LogP contribution in [0.2, 0.25) is 0 Å². The van der Waals surface area contributed by atoms with Gasteiger partial charge in [-0.25, -0.2) is 15.0 Å². The Bertz CT molecular complexity index is 1160. The topological polar surface area (TPSA) is 129 Å². The summed E-state index contributed by atoms with van der Waals surface area (Å²) in [7, 11) is 0. The summed E-state index contributed by atoms with van der Waals surface area (Å²) in [6.45, 7) is 0.522. The van der Waals surface area contributed by atoms with Crippen molar-refractivity contribution >= 4 is 17.0 Å². The highest BCUT2D eigenvalue weighted by molar-refractivity contribution is 5.81. The van der Waals surface area contributed by atoms with Crippen LogP contribution in [0.1, 0.15) is 23.3 Å². The summed E-state index contributed by atoms with van der Waals surface area (Å²) in [5, 5.41) is 21.2. The van der Waals surface area contributed by atoms with E-state index < -0.39 is 24.5 Å². The van der Waals surface area contributed by atoms with E-state index in [-0.39, 0.29) is 18.3 Å². The third kappa shape index (κ3) is 4.19. The first kappa shape index (κ1) is 21.5. The van der Waals surface area contributed by atoms with Crippen molar-refractivity contribution in [2.24, 2.45) is 0 Å². The van der Waals surface area contributed by atoms with Gasteiger partial charge in [0.25, 0.3) is 0 Å². The lowest BCUT2D eigenvalue weighted by molar-refractivity contribution is -0.0661. The predicted molar refractivity (Wildman–Crippen MR) is 121 cm³/mol. The molecule has 2 aromatic carbocycles. The minimum atomic E-state index is -1.17. The summed E-state index contributed by atoms with van der Waals surface area (Å²) >= 11 is 0. The maximum absolute atomic E-state index is 10.6. The van der Waals surface area contributed by atoms with E-state index in [0.29, 0.717) is 17.8 Å². The van der Waals surface area contributed by atoms with Crippen LogP contribution in [0.3, 0.4) is 0 Å². The molecule has 2 aromatic heterocycles. The number of nitrogens with two attached hydrogens (primary N) is 1. The van der Waals surface area contributed by atoms with Crippen molar-refractivity contribution in [3.63, 3.8) is 0 Å². The lowest BCUT2D eigenvalue weighted by atomic mass is 9.92. The molecule has 4 aromatic rings. The monoisotopic (exact) mass is 447 g/mol. The van der Waals surface area contributed by atoms with E-state index in [1.165, 1.54) is 12.7 Å². The van der Waals surface area contributed by atoms with Gasteiger partial charge >= 0.3 is 0 Å². The number of hydrogen-bond donors (Lipinski definition) is 3. The average molecular weight is 447 g/mol. The van der Waals surface area contributed by atoms with E-state index in [0.717, 1.165) is 11.1 Å². The smallest absolute Gasteiger partial charge is 0.167 e. The largest absolute Gasteiger partial charge is 0.387 e. The molecule has 0 bridgehead atoms. The van der Waals surface area contributed by atoms with Crippen molar-refractivity contribution < 1.29 is 19.7 Å². The van der Waals surface area contributed by atoms with E-state index in [2.05, 4.69) is 39.2 Å². The van der Waals surface area contributed by atoms with Crippen LogP contribution in [-0.4, -0.2) is 61.3 Å². The second-order valence-corrected chi connectivity index (χ2v) is 8.04. The Morgan fingerprint density at radius 2 is 1.61 bits per heavy atom. The Kier molecular flexibility index (Phi) is 6.01. The number of ether oxygens (including phenoxy) is 2. The number of rotatable bonds is 7. The van der Waals surface area contributed by atoms with Gasteiger partial charge in [0.2, 0.25) is 0 Å². The molecule has 0 aliphatic carbocycles. The summed E-state index contributed by atoms with van der Waals surface area (Å²) < 4.78 is 13.5. The first-order chi connectivity index (χ1) is 16.1. The molecule has 4 N–H and O–H groups in total. The number of imidazole rings is 1. The highest BCUT2D eigenvalue weighted by Crippen LogP contribution is 2.32. The molecule has 0 spiro atoms. The molecule has 4 atom stereocenters. The fraction of sp³-hybridized carbons (Fsp3) is 0.292. The zero-order chi connectivity index (χ0) is 22.8. The summed E-state index contributed by atoms with van der Waals surface area (Å²) in [5.41, 5.74) is 8.96. The number of aliphatic hydroxyl groups excluding tert-OH is 2. The SMILES string of the molecule is Nc1ncnc2c1ncn2[C@@H]1O[C@H](COCC(c2ccccc2)c2ccccc2)[C@@H](O)[C@H]1O. The van der Waals surface area contributed by atoms with E-state index in [1.807, 2.05) is 36.4 Å². The summed E-state index contributed by atoms with van der Waals surface area (Å²) in [6, 6.07) is 20.2. The number of fused-ring (bicyclic) bond motifs is 1. The van der Waals surface area contributed by atoms with E-state index in [1.54, 1.807) is 4.57 Å². The molecule has 9 heteroatoms. The van der Waals surface area contributed by atoms with E-state index >= 15 is 0 Å². The number of anilines is 1. The number of aromatic nitrogens is 4. The number of nitrogens with zero attached hydrogens (tertiary/aromatic N) is 4. The average Bonchev–Trinajstić information content (AvgIpc) is 3.40. The van der Waals surface area contributed by atoms with Crippen LogP contribution in [0.4, 0.5) is 5.82 Å². The van der Waals surface area contributed by atoms with Crippen molar-refractivity contribution in [1.82, 2.24) is 19.5 Å². The second-order valence-electron chi connectivity index (χ2n) is 8.04. The molecule has 170 valence electrons. The van der Waals surface area contributed by atoms with Gasteiger partial charge in [-0.15, -0.1) is 0 Å². The van der Waals surface area contributed by atoms with Crippen molar-refractivity contribution in [3.8, 4) is 0 Å². The number of aliphatic hydroxyl groups is 2. The molecule has 1 saturated heterocycles. The van der Waals surface area contributed by atoms with Gasteiger partial charge in [-0.2, -0.15) is 0 Å². The third-order valence-electron chi connectivity index (χ3n) is 5.97. The lowest BCUT2D eigenvalue weighted by Gasteiger charge is -2.20. The zero-order valence-corrected chi connectivity index (χ0v) is 17.8. The van der Waals surface area contributed by atoms with Gasteiger partial charge in [-0.3, -0.25) is 4.57 Å². The minimum absolute atomic E-state index is 0.0314. The summed E-state index contributed by atoms with van der Waals surface area (Å²) in [5.74, 6) is 0.267. The normalized spacial score (nSPS) is 22.9. The lowest BCUT2D eigenvalue weighted by Crippen LogP contribution is -2.34. The molecule has 1 aliphatic heterocycles. The molecular weight excluding hydrogens is 422 g/mol. The van der Waals surface area contributed by atoms with E-state index in [9.17, 15) is 10.2 Å². The Morgan fingerprint density at radius 1 is 0.939 bits per heavy atom. The van der Waals surface area contributed by atoms with Gasteiger partial charge in [-0.05, 0) is 11.1 Å². The summed E-state index contributed by atoms with van der Waals surface area (Å²) in [4.78, 5) is 12.3. The van der Waals surface area contributed by atoms with E-state index in [4.69, 9.17) is 15.2 Å². The minimum Gasteiger partial charge on any atom is -0.387 e. The van der Waals surface area contributed by atoms with Gasteiger partial charge in [0, 0.05) is 5.92 Å². The van der Waals surface area contributed by atoms with Crippen LogP contribution in [-0.2, 0) is 9.47 Å². The molecule has 0 radical (unpaired) electrons. The van der Waals surface area contributed by atoms with Crippen molar-refractivity contribution in [1.29, 1.82) is 0 Å². The van der Waals surface area contributed by atoms with Gasteiger partial charge in [-0.1, -0.05) is 60.7 Å². The third-order valence-corrected chi connectivity index (χ3v) is 5.97. The van der Waals surface area contributed by atoms with Gasteiger partial charge in [0.1, 0.15) is 30.2 Å². The molecule has 9 nitrogen and oxygen atoms in total. The standard InChI is InChI=1S/C24H25N5O4/c25-22-19-23(27-13-26-22)29(14-28-19)24-21(31)20(30)18(33-24)12-32-11-17(15-7-3-1-4-8-15)16-9-5-2-6-10-16/h1-10,13-14,17-18,20-21,24,30-31H,11-12H2,(H2,25,26,27)/t18-,20-,21-,24-/m1/s1. The van der Waals surface area contributed by atoms with Gasteiger partial charge in [0.15, 0.2) is 17.7 Å². The number of benzene rings is 2. The van der Waals surface area contributed by atoms with Crippen LogP contribution in [0.15, 0.2) is 73.3 Å². The Balaban J connectivity index is 1.29. The highest BCUT2D eigenvalue weighted by Gasteiger charge is 2.44. The molecule has 3 heterocycles. The quantitative estimate of drug-likeness (QED) is 0.392. The zero-order valence-electron chi connectivity index (χ0n) is 17.8. The van der Waals surface area contributed by atoms with Crippen LogP contribution in [0.25, 0.3) is 11.2 Å². The fourth-order valence-corrected chi connectivity index (χ4v) is 4.21. The second kappa shape index (κ2) is 9.24. The Labute approximate surface area is 190 Å².